The highest BCUT2D eigenvalue weighted by molar-refractivity contribution is 5.94. The zero-order chi connectivity index (χ0) is 11.1. The Hall–Kier alpha value is -1.62. The van der Waals surface area contributed by atoms with Crippen LogP contribution in [0.4, 0.5) is 0 Å². The summed E-state index contributed by atoms with van der Waals surface area (Å²) in [5.41, 5.74) is 5.68. The number of pyridine rings is 1. The Morgan fingerprint density at radius 1 is 1.47 bits per heavy atom. The van der Waals surface area contributed by atoms with Crippen LogP contribution in [0.5, 0.6) is 5.75 Å². The summed E-state index contributed by atoms with van der Waals surface area (Å²) in [7, 11) is 0. The van der Waals surface area contributed by atoms with Crippen molar-refractivity contribution >= 4 is 5.91 Å². The zero-order valence-corrected chi connectivity index (χ0v) is 8.44. The van der Waals surface area contributed by atoms with Crippen LogP contribution in [0.1, 0.15) is 23.2 Å². The van der Waals surface area contributed by atoms with E-state index in [9.17, 15) is 4.79 Å². The van der Waals surface area contributed by atoms with Crippen molar-refractivity contribution in [2.75, 3.05) is 13.1 Å². The molecule has 0 bridgehead atoms. The molecule has 1 rings (SSSR count). The van der Waals surface area contributed by atoms with Gasteiger partial charge in [-0.1, -0.05) is 0 Å². The smallest absolute Gasteiger partial charge is 0.252 e. The van der Waals surface area contributed by atoms with E-state index in [0.717, 1.165) is 12.8 Å². The lowest BCUT2D eigenvalue weighted by molar-refractivity contribution is 0.0952. The largest absolute Gasteiger partial charge is 0.506 e. The van der Waals surface area contributed by atoms with Gasteiger partial charge in [-0.3, -0.25) is 9.78 Å². The number of aromatic hydroxyl groups is 1. The normalized spacial score (nSPS) is 9.93. The molecule has 0 radical (unpaired) electrons. The quantitative estimate of drug-likeness (QED) is 0.607. The molecule has 1 heterocycles. The fourth-order valence-corrected chi connectivity index (χ4v) is 1.13. The molecule has 0 atom stereocenters. The van der Waals surface area contributed by atoms with Gasteiger partial charge < -0.3 is 16.2 Å². The average Bonchev–Trinajstić information content (AvgIpc) is 2.24. The van der Waals surface area contributed by atoms with E-state index >= 15 is 0 Å². The van der Waals surface area contributed by atoms with E-state index in [4.69, 9.17) is 10.8 Å². The molecule has 4 N–H and O–H groups in total. The summed E-state index contributed by atoms with van der Waals surface area (Å²) in [5.74, 6) is -0.236. The first-order valence-electron chi connectivity index (χ1n) is 4.86. The molecule has 1 aromatic heterocycles. The highest BCUT2D eigenvalue weighted by atomic mass is 16.3. The number of nitrogens with two attached hydrogens (primary N) is 1. The second kappa shape index (κ2) is 5.98. The van der Waals surface area contributed by atoms with Crippen molar-refractivity contribution in [1.82, 2.24) is 10.3 Å². The second-order valence-corrected chi connectivity index (χ2v) is 3.18. The van der Waals surface area contributed by atoms with Crippen LogP contribution in [0.3, 0.4) is 0 Å². The van der Waals surface area contributed by atoms with Crippen LogP contribution < -0.4 is 11.1 Å². The lowest BCUT2D eigenvalue weighted by Crippen LogP contribution is -2.24. The van der Waals surface area contributed by atoms with Crippen LogP contribution >= 0.6 is 0 Å². The first-order valence-corrected chi connectivity index (χ1v) is 4.86. The summed E-state index contributed by atoms with van der Waals surface area (Å²) in [6, 6.07) is 1.38. The number of hydrogen-bond donors (Lipinski definition) is 3. The maximum atomic E-state index is 11.5. The third kappa shape index (κ3) is 3.95. The van der Waals surface area contributed by atoms with Gasteiger partial charge in [0, 0.05) is 12.7 Å². The van der Waals surface area contributed by atoms with E-state index in [2.05, 4.69) is 10.3 Å². The summed E-state index contributed by atoms with van der Waals surface area (Å²) in [5, 5.41) is 11.8. The van der Waals surface area contributed by atoms with Crippen molar-refractivity contribution in [3.8, 4) is 5.75 Å². The number of hydrogen-bond acceptors (Lipinski definition) is 4. The van der Waals surface area contributed by atoms with Gasteiger partial charge in [0.05, 0.1) is 11.8 Å². The van der Waals surface area contributed by atoms with Gasteiger partial charge >= 0.3 is 0 Å². The minimum atomic E-state index is -0.226. The van der Waals surface area contributed by atoms with Crippen LogP contribution in [-0.2, 0) is 0 Å². The predicted octanol–water partition coefficient (Wildman–Crippen LogP) is 0.256. The van der Waals surface area contributed by atoms with Crippen LogP contribution in [0.25, 0.3) is 0 Å². The number of unbranched alkanes of at least 4 members (excludes halogenated alkanes) is 1. The first-order chi connectivity index (χ1) is 7.24. The molecule has 0 fully saturated rings. The summed E-state index contributed by atoms with van der Waals surface area (Å²) >= 11 is 0. The maximum Gasteiger partial charge on any atom is 0.252 e. The minimum absolute atomic E-state index is 0.00962. The van der Waals surface area contributed by atoms with Crippen molar-refractivity contribution in [2.24, 2.45) is 5.73 Å². The molecule has 1 amide bonds. The van der Waals surface area contributed by atoms with Crippen LogP contribution in [0.15, 0.2) is 18.5 Å². The summed E-state index contributed by atoms with van der Waals surface area (Å²) in [6.07, 6.45) is 4.44. The van der Waals surface area contributed by atoms with E-state index < -0.39 is 0 Å². The fraction of sp³-hybridized carbons (Fsp3) is 0.400. The third-order valence-corrected chi connectivity index (χ3v) is 1.90. The number of amides is 1. The number of nitrogens with zero attached hydrogens (tertiary/aromatic N) is 1. The summed E-state index contributed by atoms with van der Waals surface area (Å²) < 4.78 is 0. The van der Waals surface area contributed by atoms with Crippen LogP contribution in [0, 0.1) is 0 Å². The van der Waals surface area contributed by atoms with Crippen molar-refractivity contribution < 1.29 is 9.90 Å². The molecule has 5 heteroatoms. The van der Waals surface area contributed by atoms with E-state index in [-0.39, 0.29) is 11.7 Å². The van der Waals surface area contributed by atoms with E-state index in [1.807, 2.05) is 0 Å². The second-order valence-electron chi connectivity index (χ2n) is 3.18. The van der Waals surface area contributed by atoms with Gasteiger partial charge in [-0.2, -0.15) is 0 Å². The third-order valence-electron chi connectivity index (χ3n) is 1.90. The van der Waals surface area contributed by atoms with Gasteiger partial charge in [-0.05, 0) is 25.5 Å². The fourth-order valence-electron chi connectivity index (χ4n) is 1.13. The highest BCUT2D eigenvalue weighted by Gasteiger charge is 2.05. The molecule has 5 nitrogen and oxygen atoms in total. The molecule has 82 valence electrons. The number of rotatable bonds is 5. The van der Waals surface area contributed by atoms with Gasteiger partial charge in [-0.15, -0.1) is 0 Å². The molecule has 0 aliphatic rings. The first kappa shape index (κ1) is 11.5. The van der Waals surface area contributed by atoms with Gasteiger partial charge in [-0.25, -0.2) is 0 Å². The maximum absolute atomic E-state index is 11.5. The van der Waals surface area contributed by atoms with Crippen molar-refractivity contribution in [2.45, 2.75) is 12.8 Å². The predicted molar refractivity (Wildman–Crippen MR) is 56.5 cm³/mol. The Labute approximate surface area is 88.3 Å². The van der Waals surface area contributed by atoms with Crippen molar-refractivity contribution in [3.63, 3.8) is 0 Å². The molecular formula is C10H15N3O2. The van der Waals surface area contributed by atoms with E-state index in [0.29, 0.717) is 18.7 Å². The minimum Gasteiger partial charge on any atom is -0.506 e. The summed E-state index contributed by atoms with van der Waals surface area (Å²) in [6.45, 7) is 1.22. The Bertz CT molecular complexity index is 328. The molecular weight excluding hydrogens is 194 g/mol. The molecule has 0 unspecified atom stereocenters. The molecule has 1 aromatic rings. The lowest BCUT2D eigenvalue weighted by atomic mass is 10.2. The Morgan fingerprint density at radius 3 is 2.93 bits per heavy atom. The SMILES string of the molecule is NCCCCNC(=O)c1cncc(O)c1. The molecule has 0 saturated carbocycles. The van der Waals surface area contributed by atoms with E-state index in [1.165, 1.54) is 18.5 Å². The number of aromatic nitrogens is 1. The Morgan fingerprint density at radius 2 is 2.27 bits per heavy atom. The molecule has 0 aromatic carbocycles. The zero-order valence-electron chi connectivity index (χ0n) is 8.44. The standard InChI is InChI=1S/C10H15N3O2/c11-3-1-2-4-13-10(15)8-5-9(14)7-12-6-8/h5-7,14H,1-4,11H2,(H,13,15). The molecule has 0 aliphatic heterocycles. The van der Waals surface area contributed by atoms with Gasteiger partial charge in [0.15, 0.2) is 0 Å². The number of carbonyl (C=O) groups is 1. The highest BCUT2D eigenvalue weighted by Crippen LogP contribution is 2.07. The Balaban J connectivity index is 2.40. The molecule has 0 spiro atoms. The number of carbonyl (C=O) groups excluding carboxylic acids is 1. The lowest BCUT2D eigenvalue weighted by Gasteiger charge is -2.04. The summed E-state index contributed by atoms with van der Waals surface area (Å²) in [4.78, 5) is 15.2. The van der Waals surface area contributed by atoms with Crippen LogP contribution in [0.2, 0.25) is 0 Å². The van der Waals surface area contributed by atoms with Crippen molar-refractivity contribution in [1.29, 1.82) is 0 Å². The molecule has 15 heavy (non-hydrogen) atoms. The Kier molecular flexibility index (Phi) is 4.56. The van der Waals surface area contributed by atoms with E-state index in [1.54, 1.807) is 0 Å². The topological polar surface area (TPSA) is 88.2 Å². The van der Waals surface area contributed by atoms with Gasteiger partial charge in [0.2, 0.25) is 0 Å². The van der Waals surface area contributed by atoms with Gasteiger partial charge in [0.1, 0.15) is 5.75 Å². The molecule has 0 saturated heterocycles. The van der Waals surface area contributed by atoms with Crippen LogP contribution in [-0.4, -0.2) is 29.1 Å². The monoisotopic (exact) mass is 209 g/mol. The van der Waals surface area contributed by atoms with Gasteiger partial charge in [0.25, 0.3) is 5.91 Å². The van der Waals surface area contributed by atoms with Crippen molar-refractivity contribution in [3.05, 3.63) is 24.0 Å². The average molecular weight is 209 g/mol. The number of nitrogens with one attached hydrogen (secondary N) is 1. The molecule has 0 aliphatic carbocycles.